The Morgan fingerprint density at radius 2 is 2.06 bits per heavy atom. The Morgan fingerprint density at radius 3 is 2.47 bits per heavy atom. The van der Waals surface area contributed by atoms with E-state index in [-0.39, 0.29) is 11.3 Å². The number of amides is 1. The van der Waals surface area contributed by atoms with E-state index in [0.29, 0.717) is 13.0 Å². The van der Waals surface area contributed by atoms with E-state index in [1.165, 1.54) is 7.11 Å². The first-order valence-electron chi connectivity index (χ1n) is 5.86. The molecule has 2 atom stereocenters. The van der Waals surface area contributed by atoms with E-state index in [9.17, 15) is 9.59 Å². The van der Waals surface area contributed by atoms with Gasteiger partial charge in [0.15, 0.2) is 0 Å². The van der Waals surface area contributed by atoms with Gasteiger partial charge in [-0.05, 0) is 18.3 Å². The van der Waals surface area contributed by atoms with E-state index in [1.807, 2.05) is 20.8 Å². The molecule has 0 spiro atoms. The third kappa shape index (κ3) is 3.70. The number of nitrogens with one attached hydrogen (secondary N) is 1. The van der Waals surface area contributed by atoms with Crippen LogP contribution >= 0.6 is 0 Å². The van der Waals surface area contributed by atoms with Crippen LogP contribution < -0.4 is 5.32 Å². The van der Waals surface area contributed by atoms with Gasteiger partial charge in [-0.25, -0.2) is 4.79 Å². The monoisotopic (exact) mass is 243 g/mol. The van der Waals surface area contributed by atoms with E-state index in [0.717, 1.165) is 6.42 Å². The van der Waals surface area contributed by atoms with Crippen molar-refractivity contribution in [3.8, 4) is 0 Å². The third-order valence-electron chi connectivity index (χ3n) is 2.81. The summed E-state index contributed by atoms with van der Waals surface area (Å²) in [5.41, 5.74) is -0.388. The molecular weight excluding hydrogens is 222 g/mol. The van der Waals surface area contributed by atoms with E-state index >= 15 is 0 Å². The number of rotatable bonds is 3. The molecule has 1 saturated heterocycles. The fourth-order valence-corrected chi connectivity index (χ4v) is 1.77. The molecule has 1 aliphatic heterocycles. The van der Waals surface area contributed by atoms with Crippen LogP contribution in [0, 0.1) is 5.41 Å². The second kappa shape index (κ2) is 5.49. The first kappa shape index (κ1) is 14.0. The van der Waals surface area contributed by atoms with Crippen molar-refractivity contribution >= 4 is 11.9 Å². The molecule has 1 aliphatic rings. The molecule has 0 aromatic rings. The molecule has 17 heavy (non-hydrogen) atoms. The van der Waals surface area contributed by atoms with Crippen LogP contribution in [0.4, 0.5) is 0 Å². The molecule has 0 radical (unpaired) electrons. The van der Waals surface area contributed by atoms with Gasteiger partial charge in [0.1, 0.15) is 12.1 Å². The number of carbonyl (C=O) groups is 2. The minimum absolute atomic E-state index is 0.229. The van der Waals surface area contributed by atoms with Crippen molar-refractivity contribution in [2.45, 2.75) is 45.8 Å². The van der Waals surface area contributed by atoms with Crippen molar-refractivity contribution in [2.75, 3.05) is 13.7 Å². The minimum Gasteiger partial charge on any atom is -0.467 e. The Bertz CT molecular complexity index is 289. The molecule has 1 amide bonds. The summed E-state index contributed by atoms with van der Waals surface area (Å²) < 4.78 is 9.99. The lowest BCUT2D eigenvalue weighted by atomic mass is 9.86. The predicted octanol–water partition coefficient (Wildman–Crippen LogP) is 0.869. The summed E-state index contributed by atoms with van der Waals surface area (Å²) in [5, 5.41) is 2.71. The average molecular weight is 243 g/mol. The van der Waals surface area contributed by atoms with Gasteiger partial charge in [-0.15, -0.1) is 0 Å². The maximum atomic E-state index is 11.9. The van der Waals surface area contributed by atoms with Gasteiger partial charge >= 0.3 is 5.97 Å². The molecule has 0 aromatic carbocycles. The van der Waals surface area contributed by atoms with E-state index in [1.54, 1.807) is 0 Å². The van der Waals surface area contributed by atoms with Gasteiger partial charge in [-0.3, -0.25) is 4.79 Å². The molecule has 0 bridgehead atoms. The number of ether oxygens (including phenoxy) is 2. The van der Waals surface area contributed by atoms with Gasteiger partial charge in [0.25, 0.3) is 0 Å². The highest BCUT2D eigenvalue weighted by molar-refractivity contribution is 5.87. The first-order chi connectivity index (χ1) is 7.86. The predicted molar refractivity (Wildman–Crippen MR) is 62.4 cm³/mol. The van der Waals surface area contributed by atoms with Crippen molar-refractivity contribution in [1.82, 2.24) is 5.32 Å². The fraction of sp³-hybridized carbons (Fsp3) is 0.833. The van der Waals surface area contributed by atoms with Gasteiger partial charge in [0, 0.05) is 6.61 Å². The molecule has 1 N–H and O–H groups in total. The molecule has 98 valence electrons. The zero-order chi connectivity index (χ0) is 13.1. The molecule has 1 heterocycles. The molecule has 5 heteroatoms. The molecule has 1 fully saturated rings. The van der Waals surface area contributed by atoms with Crippen LogP contribution in [0.15, 0.2) is 0 Å². The number of methoxy groups -OCH3 is 1. The van der Waals surface area contributed by atoms with Crippen molar-refractivity contribution < 1.29 is 19.1 Å². The van der Waals surface area contributed by atoms with Crippen molar-refractivity contribution in [1.29, 1.82) is 0 Å². The highest BCUT2D eigenvalue weighted by Gasteiger charge is 2.36. The molecule has 0 aliphatic carbocycles. The van der Waals surface area contributed by atoms with E-state index in [2.05, 4.69) is 5.32 Å². The van der Waals surface area contributed by atoms with Crippen LogP contribution in [-0.2, 0) is 19.1 Å². The molecule has 1 rings (SSSR count). The topological polar surface area (TPSA) is 64.6 Å². The van der Waals surface area contributed by atoms with Gasteiger partial charge in [0.05, 0.1) is 7.11 Å². The Balaban J connectivity index is 2.66. The Hall–Kier alpha value is -1.10. The second-order valence-electron chi connectivity index (χ2n) is 5.33. The molecular formula is C12H21NO4. The zero-order valence-corrected chi connectivity index (χ0v) is 10.9. The average Bonchev–Trinajstić information content (AvgIpc) is 2.76. The van der Waals surface area contributed by atoms with Crippen LogP contribution in [0.3, 0.4) is 0 Å². The summed E-state index contributed by atoms with van der Waals surface area (Å²) in [6.45, 7) is 6.25. The summed E-state index contributed by atoms with van der Waals surface area (Å²) in [7, 11) is 1.32. The van der Waals surface area contributed by atoms with Gasteiger partial charge in [-0.1, -0.05) is 20.8 Å². The lowest BCUT2D eigenvalue weighted by Crippen LogP contribution is -2.52. The number of carbonyl (C=O) groups excluding carboxylic acids is 2. The summed E-state index contributed by atoms with van der Waals surface area (Å²) in [6, 6.07) is -0.649. The molecule has 5 nitrogen and oxygen atoms in total. The van der Waals surface area contributed by atoms with Gasteiger partial charge in [-0.2, -0.15) is 0 Å². The summed E-state index contributed by atoms with van der Waals surface area (Å²) in [4.78, 5) is 23.5. The summed E-state index contributed by atoms with van der Waals surface area (Å²) in [5.74, 6) is -0.656. The number of esters is 1. The van der Waals surface area contributed by atoms with Crippen LogP contribution in [0.2, 0.25) is 0 Å². The SMILES string of the molecule is COC(=O)[C@@H](NC(=O)C1CCCO1)C(C)(C)C. The maximum absolute atomic E-state index is 11.9. The Labute approximate surface area is 102 Å². The Morgan fingerprint density at radius 1 is 1.41 bits per heavy atom. The lowest BCUT2D eigenvalue weighted by molar-refractivity contribution is -0.149. The van der Waals surface area contributed by atoms with Crippen LogP contribution in [-0.4, -0.2) is 37.7 Å². The second-order valence-corrected chi connectivity index (χ2v) is 5.33. The largest absolute Gasteiger partial charge is 0.467 e. The summed E-state index contributed by atoms with van der Waals surface area (Å²) >= 11 is 0. The molecule has 0 aromatic heterocycles. The van der Waals surface area contributed by atoms with Crippen molar-refractivity contribution in [3.63, 3.8) is 0 Å². The van der Waals surface area contributed by atoms with Gasteiger partial charge < -0.3 is 14.8 Å². The first-order valence-corrected chi connectivity index (χ1v) is 5.86. The third-order valence-corrected chi connectivity index (χ3v) is 2.81. The fourth-order valence-electron chi connectivity index (χ4n) is 1.77. The number of hydrogen-bond acceptors (Lipinski definition) is 4. The van der Waals surface area contributed by atoms with Crippen molar-refractivity contribution in [3.05, 3.63) is 0 Å². The highest BCUT2D eigenvalue weighted by Crippen LogP contribution is 2.21. The smallest absolute Gasteiger partial charge is 0.328 e. The maximum Gasteiger partial charge on any atom is 0.328 e. The number of hydrogen-bond donors (Lipinski definition) is 1. The van der Waals surface area contributed by atoms with Gasteiger partial charge in [0.2, 0.25) is 5.91 Å². The molecule has 0 saturated carbocycles. The normalized spacial score (nSPS) is 22.0. The summed E-state index contributed by atoms with van der Waals surface area (Å²) in [6.07, 6.45) is 1.17. The quantitative estimate of drug-likeness (QED) is 0.747. The Kier molecular flexibility index (Phi) is 4.51. The standard InChI is InChI=1S/C12H21NO4/c1-12(2,3)9(11(15)16-4)13-10(14)8-6-5-7-17-8/h8-9H,5-7H2,1-4H3,(H,13,14)/t8?,9-/m1/s1. The van der Waals surface area contributed by atoms with Crippen LogP contribution in [0.25, 0.3) is 0 Å². The molecule has 1 unspecified atom stereocenters. The minimum atomic E-state index is -0.649. The highest BCUT2D eigenvalue weighted by atomic mass is 16.5. The van der Waals surface area contributed by atoms with E-state index in [4.69, 9.17) is 9.47 Å². The van der Waals surface area contributed by atoms with Crippen LogP contribution in [0.5, 0.6) is 0 Å². The van der Waals surface area contributed by atoms with E-state index < -0.39 is 18.1 Å². The van der Waals surface area contributed by atoms with Crippen LogP contribution in [0.1, 0.15) is 33.6 Å². The lowest BCUT2D eigenvalue weighted by Gasteiger charge is -2.29. The zero-order valence-electron chi connectivity index (χ0n) is 10.9. The van der Waals surface area contributed by atoms with Crippen molar-refractivity contribution in [2.24, 2.45) is 5.41 Å².